The van der Waals surface area contributed by atoms with Crippen LogP contribution in [0.3, 0.4) is 0 Å². The topological polar surface area (TPSA) is 12.0 Å². The molecule has 0 bridgehead atoms. The lowest BCUT2D eigenvalue weighted by molar-refractivity contribution is -0.136. The van der Waals surface area contributed by atoms with E-state index >= 15 is 0 Å². The van der Waals surface area contributed by atoms with E-state index in [0.717, 1.165) is 16.1 Å². The Kier molecular flexibility index (Phi) is 5.07. The molecule has 0 aliphatic heterocycles. The van der Waals surface area contributed by atoms with Crippen LogP contribution in [0.1, 0.15) is 11.1 Å². The first-order valence-corrected chi connectivity index (χ1v) is 7.37. The second-order valence-electron chi connectivity index (χ2n) is 4.28. The molecule has 0 atom stereocenters. The minimum Gasteiger partial charge on any atom is -0.380 e. The summed E-state index contributed by atoms with van der Waals surface area (Å²) in [6.45, 7) is 0.200. The maximum atomic E-state index is 13.0. The number of hydrogen-bond donors (Lipinski definition) is 1. The molecule has 0 aliphatic rings. The lowest BCUT2D eigenvalue weighted by atomic mass is 10.1. The quantitative estimate of drug-likeness (QED) is 0.631. The standard InChI is InChI=1S/C14H9BrCl2F3N/c15-12-3-1-9(16)5-8(12)7-21-13-4-2-10(17)6-11(13)14(18,19)20/h1-6,21H,7H2. The molecule has 0 radical (unpaired) electrons. The molecule has 21 heavy (non-hydrogen) atoms. The molecule has 112 valence electrons. The van der Waals surface area contributed by atoms with Gasteiger partial charge in [0.1, 0.15) is 0 Å². The van der Waals surface area contributed by atoms with Crippen LogP contribution in [0, 0.1) is 0 Å². The van der Waals surface area contributed by atoms with Crippen LogP contribution in [0.15, 0.2) is 40.9 Å². The van der Waals surface area contributed by atoms with Gasteiger partial charge in [-0.2, -0.15) is 13.2 Å². The monoisotopic (exact) mass is 397 g/mol. The van der Waals surface area contributed by atoms with Gasteiger partial charge in [0.05, 0.1) is 5.56 Å². The van der Waals surface area contributed by atoms with E-state index in [9.17, 15) is 13.2 Å². The lowest BCUT2D eigenvalue weighted by Crippen LogP contribution is -2.11. The van der Waals surface area contributed by atoms with E-state index in [-0.39, 0.29) is 17.3 Å². The molecule has 0 aliphatic carbocycles. The van der Waals surface area contributed by atoms with Crippen LogP contribution in [-0.2, 0) is 12.7 Å². The molecule has 0 spiro atoms. The molecule has 0 saturated carbocycles. The number of alkyl halides is 3. The summed E-state index contributed by atoms with van der Waals surface area (Å²) >= 11 is 14.8. The number of rotatable bonds is 3. The summed E-state index contributed by atoms with van der Waals surface area (Å²) < 4.78 is 39.7. The van der Waals surface area contributed by atoms with Crippen molar-refractivity contribution in [2.24, 2.45) is 0 Å². The lowest BCUT2D eigenvalue weighted by Gasteiger charge is -2.15. The van der Waals surface area contributed by atoms with Gasteiger partial charge in [-0.25, -0.2) is 0 Å². The Morgan fingerprint density at radius 2 is 1.62 bits per heavy atom. The fraction of sp³-hybridized carbons (Fsp3) is 0.143. The van der Waals surface area contributed by atoms with Gasteiger partial charge in [-0.05, 0) is 42.0 Å². The van der Waals surface area contributed by atoms with E-state index in [2.05, 4.69) is 21.2 Å². The van der Waals surface area contributed by atoms with Gasteiger partial charge in [-0.15, -0.1) is 0 Å². The molecule has 0 aromatic heterocycles. The molecular formula is C14H9BrCl2F3N. The van der Waals surface area contributed by atoms with Crippen LogP contribution in [0.25, 0.3) is 0 Å². The maximum absolute atomic E-state index is 13.0. The van der Waals surface area contributed by atoms with Gasteiger partial charge in [-0.1, -0.05) is 39.1 Å². The smallest absolute Gasteiger partial charge is 0.380 e. The summed E-state index contributed by atoms with van der Waals surface area (Å²) in [4.78, 5) is 0. The zero-order valence-electron chi connectivity index (χ0n) is 10.4. The molecule has 0 fully saturated rings. The zero-order valence-corrected chi connectivity index (χ0v) is 13.5. The van der Waals surface area contributed by atoms with Gasteiger partial charge in [0.25, 0.3) is 0 Å². The predicted octanol–water partition coefficient (Wildman–Crippen LogP) is 6.39. The van der Waals surface area contributed by atoms with Crippen LogP contribution in [0.2, 0.25) is 10.0 Å². The molecule has 0 amide bonds. The first kappa shape index (κ1) is 16.5. The zero-order chi connectivity index (χ0) is 15.6. The predicted molar refractivity (Wildman–Crippen MR) is 82.9 cm³/mol. The summed E-state index contributed by atoms with van der Waals surface area (Å²) in [5.41, 5.74) is -0.0718. The minimum absolute atomic E-state index is 0.0289. The highest BCUT2D eigenvalue weighted by atomic mass is 79.9. The van der Waals surface area contributed by atoms with E-state index in [1.54, 1.807) is 18.2 Å². The normalized spacial score (nSPS) is 11.5. The highest BCUT2D eigenvalue weighted by Gasteiger charge is 2.33. The highest BCUT2D eigenvalue weighted by molar-refractivity contribution is 9.10. The van der Waals surface area contributed by atoms with Crippen molar-refractivity contribution in [2.75, 3.05) is 5.32 Å². The maximum Gasteiger partial charge on any atom is 0.418 e. The molecule has 0 unspecified atom stereocenters. The minimum atomic E-state index is -4.47. The second-order valence-corrected chi connectivity index (χ2v) is 6.00. The second kappa shape index (κ2) is 6.46. The highest BCUT2D eigenvalue weighted by Crippen LogP contribution is 2.36. The summed E-state index contributed by atoms with van der Waals surface area (Å²) in [6, 6.07) is 8.74. The van der Waals surface area contributed by atoms with Crippen molar-refractivity contribution < 1.29 is 13.2 Å². The van der Waals surface area contributed by atoms with Crippen molar-refractivity contribution in [1.82, 2.24) is 0 Å². The Bertz CT molecular complexity index is 659. The molecule has 0 saturated heterocycles. The summed E-state index contributed by atoms with van der Waals surface area (Å²) in [5, 5.41) is 3.32. The molecule has 1 nitrogen and oxygen atoms in total. The molecule has 1 N–H and O–H groups in total. The Morgan fingerprint density at radius 3 is 2.29 bits per heavy atom. The third kappa shape index (κ3) is 4.28. The molecule has 2 rings (SSSR count). The third-order valence-corrected chi connectivity index (χ3v) is 4.01. The van der Waals surface area contributed by atoms with Gasteiger partial charge in [0.2, 0.25) is 0 Å². The number of halogens is 6. The van der Waals surface area contributed by atoms with E-state index in [0.29, 0.717) is 5.02 Å². The van der Waals surface area contributed by atoms with Crippen molar-refractivity contribution in [3.05, 3.63) is 62.0 Å². The summed E-state index contributed by atoms with van der Waals surface area (Å²) in [5.74, 6) is 0. The summed E-state index contributed by atoms with van der Waals surface area (Å²) in [7, 11) is 0. The van der Waals surface area contributed by atoms with Crippen LogP contribution in [0.4, 0.5) is 18.9 Å². The van der Waals surface area contributed by atoms with Crippen molar-refractivity contribution >= 4 is 44.8 Å². The van der Waals surface area contributed by atoms with Gasteiger partial charge in [0.15, 0.2) is 0 Å². The molecule has 2 aromatic carbocycles. The Hall–Kier alpha value is -0.910. The molecule has 0 heterocycles. The number of anilines is 1. The van der Waals surface area contributed by atoms with Crippen molar-refractivity contribution in [2.45, 2.75) is 12.7 Å². The van der Waals surface area contributed by atoms with Crippen LogP contribution >= 0.6 is 39.1 Å². The van der Waals surface area contributed by atoms with Crippen LogP contribution in [-0.4, -0.2) is 0 Å². The largest absolute Gasteiger partial charge is 0.418 e. The Balaban J connectivity index is 2.26. The molecule has 7 heteroatoms. The number of hydrogen-bond acceptors (Lipinski definition) is 1. The Morgan fingerprint density at radius 1 is 1.00 bits per heavy atom. The van der Waals surface area contributed by atoms with Gasteiger partial charge < -0.3 is 5.32 Å². The average Bonchev–Trinajstić information content (AvgIpc) is 2.40. The number of nitrogens with one attached hydrogen (secondary N) is 1. The Labute approximate surface area is 138 Å². The van der Waals surface area contributed by atoms with Gasteiger partial charge in [0, 0.05) is 26.8 Å². The van der Waals surface area contributed by atoms with Crippen LogP contribution < -0.4 is 5.32 Å². The fourth-order valence-corrected chi connectivity index (χ4v) is 2.53. The first-order valence-electron chi connectivity index (χ1n) is 5.82. The van der Waals surface area contributed by atoms with Crippen molar-refractivity contribution in [3.63, 3.8) is 0 Å². The van der Waals surface area contributed by atoms with E-state index < -0.39 is 11.7 Å². The van der Waals surface area contributed by atoms with E-state index in [1.807, 2.05) is 0 Å². The molecular weight excluding hydrogens is 390 g/mol. The van der Waals surface area contributed by atoms with Crippen LogP contribution in [0.5, 0.6) is 0 Å². The SMILES string of the molecule is FC(F)(F)c1cc(Cl)ccc1NCc1cc(Cl)ccc1Br. The van der Waals surface area contributed by atoms with Gasteiger partial charge >= 0.3 is 6.18 Å². The van der Waals surface area contributed by atoms with E-state index in [1.165, 1.54) is 12.1 Å². The molecule has 2 aromatic rings. The van der Waals surface area contributed by atoms with Crippen molar-refractivity contribution in [1.29, 1.82) is 0 Å². The fourth-order valence-electron chi connectivity index (χ4n) is 1.77. The first-order chi connectivity index (χ1) is 9.77. The number of benzene rings is 2. The van der Waals surface area contributed by atoms with Gasteiger partial charge in [-0.3, -0.25) is 0 Å². The average molecular weight is 399 g/mol. The summed E-state index contributed by atoms with van der Waals surface area (Å²) in [6.07, 6.45) is -4.47. The van der Waals surface area contributed by atoms with E-state index in [4.69, 9.17) is 23.2 Å². The third-order valence-electron chi connectivity index (χ3n) is 2.76. The van der Waals surface area contributed by atoms with Crippen molar-refractivity contribution in [3.8, 4) is 0 Å².